The van der Waals surface area contributed by atoms with Gasteiger partial charge < -0.3 is 0 Å². The second kappa shape index (κ2) is 6.57. The molecule has 7 heteroatoms. The van der Waals surface area contributed by atoms with E-state index in [1.807, 2.05) is 0 Å². The molecule has 0 saturated carbocycles. The summed E-state index contributed by atoms with van der Waals surface area (Å²) in [5, 5.41) is 8.02. The molecule has 0 aliphatic rings. The van der Waals surface area contributed by atoms with Crippen molar-refractivity contribution in [1.82, 2.24) is 5.48 Å². The fourth-order valence-corrected chi connectivity index (χ4v) is 1.22. The molecule has 0 heterocycles. The molecule has 12 heavy (non-hydrogen) atoms. The Morgan fingerprint density at radius 3 is 2.33 bits per heavy atom. The Morgan fingerprint density at radius 2 is 2.00 bits per heavy atom. The number of carbonyl (C=O) groups excluding carboxylic acids is 1. The maximum absolute atomic E-state index is 10.5. The van der Waals surface area contributed by atoms with Gasteiger partial charge in [0.05, 0.1) is 5.75 Å². The van der Waals surface area contributed by atoms with Crippen molar-refractivity contribution in [2.24, 2.45) is 0 Å². The zero-order valence-electron chi connectivity index (χ0n) is 6.61. The predicted molar refractivity (Wildman–Crippen MR) is 38.9 cm³/mol. The molecule has 2 N–H and O–H groups in total. The summed E-state index contributed by atoms with van der Waals surface area (Å²) >= 11 is 0. The van der Waals surface area contributed by atoms with Crippen LogP contribution in [-0.2, 0) is 35.7 Å². The van der Waals surface area contributed by atoms with Gasteiger partial charge in [0.2, 0.25) is 5.91 Å². The van der Waals surface area contributed by atoms with Gasteiger partial charge in [-0.05, 0) is 6.42 Å². The zero-order chi connectivity index (χ0) is 8.91. The number of amides is 1. The van der Waals surface area contributed by atoms with Gasteiger partial charge in [-0.1, -0.05) is 0 Å². The number of carbonyl (C=O) groups is 1. The average molecular weight is 365 g/mol. The SMILES string of the molecule is CS(=O)(=O)CCCC(=O)NO.[W]. The molecule has 0 aliphatic heterocycles. The van der Waals surface area contributed by atoms with Gasteiger partial charge in [-0.2, -0.15) is 0 Å². The van der Waals surface area contributed by atoms with Gasteiger partial charge in [-0.3, -0.25) is 10.0 Å². The van der Waals surface area contributed by atoms with E-state index in [4.69, 9.17) is 5.21 Å². The van der Waals surface area contributed by atoms with Gasteiger partial charge in [0.25, 0.3) is 0 Å². The van der Waals surface area contributed by atoms with Crippen molar-refractivity contribution in [2.75, 3.05) is 12.0 Å². The summed E-state index contributed by atoms with van der Waals surface area (Å²) in [4.78, 5) is 10.3. The molecule has 0 unspecified atom stereocenters. The number of sulfone groups is 1. The fourth-order valence-electron chi connectivity index (χ4n) is 0.551. The van der Waals surface area contributed by atoms with Crippen LogP contribution < -0.4 is 5.48 Å². The van der Waals surface area contributed by atoms with Crippen LogP contribution in [0.15, 0.2) is 0 Å². The molecule has 0 fully saturated rings. The molecule has 0 radical (unpaired) electrons. The molecule has 72 valence electrons. The minimum absolute atomic E-state index is 0. The number of rotatable bonds is 4. The van der Waals surface area contributed by atoms with Crippen molar-refractivity contribution in [3.8, 4) is 0 Å². The summed E-state index contributed by atoms with van der Waals surface area (Å²) in [5.41, 5.74) is 1.42. The molecule has 0 aromatic carbocycles. The zero-order valence-corrected chi connectivity index (χ0v) is 10.4. The third-order valence-corrected chi connectivity index (χ3v) is 2.07. The van der Waals surface area contributed by atoms with E-state index in [-0.39, 0.29) is 39.7 Å². The van der Waals surface area contributed by atoms with E-state index in [0.717, 1.165) is 6.26 Å². The quantitative estimate of drug-likeness (QED) is 0.511. The van der Waals surface area contributed by atoms with Crippen LogP contribution in [0.5, 0.6) is 0 Å². The van der Waals surface area contributed by atoms with Crippen LogP contribution in [0.4, 0.5) is 0 Å². The first-order valence-corrected chi connectivity index (χ1v) is 5.12. The fraction of sp³-hybridized carbons (Fsp3) is 0.800. The van der Waals surface area contributed by atoms with Crippen molar-refractivity contribution in [3.05, 3.63) is 0 Å². The topological polar surface area (TPSA) is 83.5 Å². The molecule has 5 nitrogen and oxygen atoms in total. The monoisotopic (exact) mass is 365 g/mol. The Hall–Kier alpha value is 0.0683. The molecular weight excluding hydrogens is 354 g/mol. The van der Waals surface area contributed by atoms with Gasteiger partial charge >= 0.3 is 0 Å². The molecule has 0 spiro atoms. The number of hydrogen-bond donors (Lipinski definition) is 2. The Morgan fingerprint density at radius 1 is 1.50 bits per heavy atom. The second-order valence-corrected chi connectivity index (χ2v) is 4.53. The number of hydrogen-bond acceptors (Lipinski definition) is 4. The molecule has 1 amide bonds. The Bertz CT molecular complexity index is 226. The molecule has 0 saturated heterocycles. The van der Waals surface area contributed by atoms with Crippen LogP contribution in [0.25, 0.3) is 0 Å². The predicted octanol–water partition coefficient (Wildman–Crippen LogP) is -0.686. The van der Waals surface area contributed by atoms with E-state index >= 15 is 0 Å². The molecule has 0 bridgehead atoms. The summed E-state index contributed by atoms with van der Waals surface area (Å²) < 4.78 is 21.0. The molecule has 0 aromatic rings. The van der Waals surface area contributed by atoms with Gasteiger partial charge in [-0.15, -0.1) is 0 Å². The van der Waals surface area contributed by atoms with E-state index in [9.17, 15) is 13.2 Å². The minimum Gasteiger partial charge on any atom is -0.289 e. The maximum atomic E-state index is 10.5. The smallest absolute Gasteiger partial charge is 0.243 e. The maximum Gasteiger partial charge on any atom is 0.243 e. The molecule has 0 aliphatic carbocycles. The van der Waals surface area contributed by atoms with Crippen LogP contribution in [0.3, 0.4) is 0 Å². The van der Waals surface area contributed by atoms with Crippen LogP contribution in [0.1, 0.15) is 12.8 Å². The molecular formula is C5H11NO4SW. The van der Waals surface area contributed by atoms with Crippen molar-refractivity contribution >= 4 is 15.7 Å². The standard InChI is InChI=1S/C5H11NO4S.W/c1-11(9,10)4-2-3-5(7)6-8;/h8H,2-4H2,1H3,(H,6,7);. The van der Waals surface area contributed by atoms with Crippen LogP contribution in [0.2, 0.25) is 0 Å². The van der Waals surface area contributed by atoms with Gasteiger partial charge in [0.15, 0.2) is 0 Å². The van der Waals surface area contributed by atoms with E-state index < -0.39 is 15.7 Å². The van der Waals surface area contributed by atoms with Gasteiger partial charge in [0.1, 0.15) is 9.84 Å². The van der Waals surface area contributed by atoms with E-state index in [1.54, 1.807) is 0 Å². The first kappa shape index (κ1) is 14.6. The summed E-state index contributed by atoms with van der Waals surface area (Å²) in [5.74, 6) is -0.589. The van der Waals surface area contributed by atoms with Crippen molar-refractivity contribution in [2.45, 2.75) is 12.8 Å². The van der Waals surface area contributed by atoms with Crippen molar-refractivity contribution < 1.29 is 39.5 Å². The van der Waals surface area contributed by atoms with Crippen LogP contribution >= 0.6 is 0 Å². The van der Waals surface area contributed by atoms with Crippen LogP contribution in [0, 0.1) is 0 Å². The van der Waals surface area contributed by atoms with Crippen LogP contribution in [-0.4, -0.2) is 31.5 Å². The summed E-state index contributed by atoms with van der Waals surface area (Å²) in [6.07, 6.45) is 1.37. The van der Waals surface area contributed by atoms with Gasteiger partial charge in [0, 0.05) is 33.7 Å². The summed E-state index contributed by atoms with van der Waals surface area (Å²) in [7, 11) is -2.99. The second-order valence-electron chi connectivity index (χ2n) is 2.27. The number of nitrogens with one attached hydrogen (secondary N) is 1. The van der Waals surface area contributed by atoms with E-state index in [0.29, 0.717) is 0 Å². The van der Waals surface area contributed by atoms with Crippen molar-refractivity contribution in [3.63, 3.8) is 0 Å². The van der Waals surface area contributed by atoms with E-state index in [1.165, 1.54) is 5.48 Å². The average Bonchev–Trinajstić information content (AvgIpc) is 1.85. The van der Waals surface area contributed by atoms with E-state index in [2.05, 4.69) is 0 Å². The Balaban J connectivity index is 0. The third-order valence-electron chi connectivity index (χ3n) is 1.04. The number of hydroxylamine groups is 1. The Labute approximate surface area is 85.7 Å². The Kier molecular flexibility index (Phi) is 7.98. The summed E-state index contributed by atoms with van der Waals surface area (Å²) in [6, 6.07) is 0. The molecule has 0 rings (SSSR count). The first-order chi connectivity index (χ1) is 4.95. The molecule has 0 aromatic heterocycles. The van der Waals surface area contributed by atoms with Gasteiger partial charge in [-0.25, -0.2) is 13.9 Å². The minimum atomic E-state index is -2.99. The van der Waals surface area contributed by atoms with Crippen molar-refractivity contribution in [1.29, 1.82) is 0 Å². The third kappa shape index (κ3) is 10.1. The summed E-state index contributed by atoms with van der Waals surface area (Å²) in [6.45, 7) is 0. The molecule has 0 atom stereocenters. The first-order valence-electron chi connectivity index (χ1n) is 3.06. The largest absolute Gasteiger partial charge is 0.289 e. The normalized spacial score (nSPS) is 10.2.